The topological polar surface area (TPSA) is 54.0 Å². The van der Waals surface area contributed by atoms with Crippen LogP contribution in [0.25, 0.3) is 0 Å². The van der Waals surface area contributed by atoms with Crippen molar-refractivity contribution < 1.29 is 18.0 Å². The molecule has 1 aromatic heterocycles. The van der Waals surface area contributed by atoms with Gasteiger partial charge < -0.3 is 10.6 Å². The summed E-state index contributed by atoms with van der Waals surface area (Å²) in [5.74, 6) is -0.775. The lowest BCUT2D eigenvalue weighted by molar-refractivity contribution is -0.117. The fourth-order valence-electron chi connectivity index (χ4n) is 1.74. The van der Waals surface area contributed by atoms with Crippen molar-refractivity contribution in [1.82, 2.24) is 10.3 Å². The molecular formula is C14H18F3N3O. The molecule has 0 aliphatic heterocycles. The van der Waals surface area contributed by atoms with E-state index in [2.05, 4.69) is 15.6 Å². The maximum atomic E-state index is 11.9. The Hall–Kier alpha value is -2.05. The zero-order chi connectivity index (χ0) is 16.0. The normalized spacial score (nSPS) is 13.2. The first-order chi connectivity index (χ1) is 9.65. The molecule has 0 aliphatic rings. The third-order valence-corrected chi connectivity index (χ3v) is 2.50. The molecule has 0 aromatic carbocycles. The number of amides is 1. The van der Waals surface area contributed by atoms with Crippen LogP contribution >= 0.6 is 0 Å². The fourth-order valence-corrected chi connectivity index (χ4v) is 1.74. The zero-order valence-corrected chi connectivity index (χ0v) is 12.1. The summed E-state index contributed by atoms with van der Waals surface area (Å²) < 4.78 is 35.7. The summed E-state index contributed by atoms with van der Waals surface area (Å²) in [6, 6.07) is 3.58. The first kappa shape index (κ1) is 17.0. The van der Waals surface area contributed by atoms with Gasteiger partial charge in [-0.15, -0.1) is 0 Å². The van der Waals surface area contributed by atoms with Crippen LogP contribution in [0.3, 0.4) is 0 Å². The van der Waals surface area contributed by atoms with Crippen molar-refractivity contribution in [3.05, 3.63) is 35.7 Å². The van der Waals surface area contributed by atoms with Gasteiger partial charge in [0.05, 0.1) is 0 Å². The van der Waals surface area contributed by atoms with Crippen molar-refractivity contribution in [2.45, 2.75) is 33.0 Å². The minimum absolute atomic E-state index is 0.0873. The van der Waals surface area contributed by atoms with E-state index in [0.29, 0.717) is 6.08 Å². The lowest BCUT2D eigenvalue weighted by Crippen LogP contribution is -2.33. The lowest BCUT2D eigenvalue weighted by atomic mass is 10.2. The van der Waals surface area contributed by atoms with E-state index in [0.717, 1.165) is 17.1 Å². The molecule has 1 aromatic rings. The third kappa shape index (κ3) is 7.34. The number of hydrogen-bond acceptors (Lipinski definition) is 3. The number of carbonyl (C=O) groups excluding carboxylic acids is 1. The van der Waals surface area contributed by atoms with Crippen LogP contribution in [0.4, 0.5) is 18.9 Å². The zero-order valence-electron chi connectivity index (χ0n) is 12.1. The molecule has 0 aliphatic carbocycles. The van der Waals surface area contributed by atoms with E-state index in [1.54, 1.807) is 0 Å². The highest BCUT2D eigenvalue weighted by Gasteiger charge is 2.22. The number of hydrogen-bond donors (Lipinski definition) is 2. The molecular weight excluding hydrogens is 283 g/mol. The molecule has 7 heteroatoms. The summed E-state index contributed by atoms with van der Waals surface area (Å²) in [5.41, 5.74) is 2.58. The summed E-state index contributed by atoms with van der Waals surface area (Å²) in [7, 11) is 0. The van der Waals surface area contributed by atoms with Gasteiger partial charge in [0.25, 0.3) is 0 Å². The average Bonchev–Trinajstić information content (AvgIpc) is 2.31. The highest BCUT2D eigenvalue weighted by molar-refractivity contribution is 5.87. The lowest BCUT2D eigenvalue weighted by Gasteiger charge is -2.16. The van der Waals surface area contributed by atoms with Crippen LogP contribution in [0, 0.1) is 13.8 Å². The number of carbonyl (C=O) groups is 1. The van der Waals surface area contributed by atoms with Crippen molar-refractivity contribution in [3.8, 4) is 0 Å². The Kier molecular flexibility index (Phi) is 5.75. The van der Waals surface area contributed by atoms with E-state index < -0.39 is 12.1 Å². The summed E-state index contributed by atoms with van der Waals surface area (Å²) in [5, 5.41) is 5.55. The van der Waals surface area contributed by atoms with Gasteiger partial charge in [0.15, 0.2) is 0 Å². The van der Waals surface area contributed by atoms with Gasteiger partial charge in [-0.05, 0) is 32.9 Å². The number of anilines is 1. The fraction of sp³-hybridized carbons (Fsp3) is 0.429. The summed E-state index contributed by atoms with van der Waals surface area (Å²) in [6.07, 6.45) is -4.09. The van der Waals surface area contributed by atoms with Crippen LogP contribution in [0.15, 0.2) is 24.3 Å². The van der Waals surface area contributed by atoms with Crippen LogP contribution in [0.5, 0.6) is 0 Å². The molecule has 1 unspecified atom stereocenters. The van der Waals surface area contributed by atoms with Crippen molar-refractivity contribution in [1.29, 1.82) is 0 Å². The van der Waals surface area contributed by atoms with Gasteiger partial charge in [0.1, 0.15) is 0 Å². The standard InChI is InChI=1S/C14H18F3N3O/c1-9-6-12(7-10(2)19-9)20-11(3)8-18-13(21)4-5-14(15,16)17/h4-7,11H,8H2,1-3H3,(H,18,21)(H,19,20)/b5-4+. The first-order valence-corrected chi connectivity index (χ1v) is 6.41. The van der Waals surface area contributed by atoms with Gasteiger partial charge >= 0.3 is 6.18 Å². The molecule has 0 saturated carbocycles. The summed E-state index contributed by atoms with van der Waals surface area (Å²) in [4.78, 5) is 15.5. The quantitative estimate of drug-likeness (QED) is 0.822. The average molecular weight is 301 g/mol. The Balaban J connectivity index is 2.45. The number of aryl methyl sites for hydroxylation is 2. The Bertz CT molecular complexity index is 506. The maximum Gasteiger partial charge on any atom is 0.409 e. The highest BCUT2D eigenvalue weighted by Crippen LogP contribution is 2.15. The molecule has 0 radical (unpaired) electrons. The molecule has 1 rings (SSSR count). The molecule has 1 heterocycles. The van der Waals surface area contributed by atoms with E-state index >= 15 is 0 Å². The Morgan fingerprint density at radius 1 is 1.33 bits per heavy atom. The Labute approximate surface area is 121 Å². The van der Waals surface area contributed by atoms with Gasteiger partial charge in [-0.1, -0.05) is 0 Å². The third-order valence-electron chi connectivity index (χ3n) is 2.50. The Morgan fingerprint density at radius 2 is 1.90 bits per heavy atom. The van der Waals surface area contributed by atoms with Crippen molar-refractivity contribution in [3.63, 3.8) is 0 Å². The molecule has 0 fully saturated rings. The van der Waals surface area contributed by atoms with Gasteiger partial charge in [0, 0.05) is 41.8 Å². The highest BCUT2D eigenvalue weighted by atomic mass is 19.4. The monoisotopic (exact) mass is 301 g/mol. The van der Waals surface area contributed by atoms with Crippen molar-refractivity contribution in [2.24, 2.45) is 0 Å². The predicted octanol–water partition coefficient (Wildman–Crippen LogP) is 2.73. The number of pyridine rings is 1. The molecule has 4 nitrogen and oxygen atoms in total. The molecule has 21 heavy (non-hydrogen) atoms. The largest absolute Gasteiger partial charge is 0.409 e. The van der Waals surface area contributed by atoms with E-state index in [4.69, 9.17) is 0 Å². The van der Waals surface area contributed by atoms with E-state index in [1.807, 2.05) is 32.9 Å². The molecule has 1 amide bonds. The second-order valence-corrected chi connectivity index (χ2v) is 4.80. The number of halogens is 3. The smallest absolute Gasteiger partial charge is 0.381 e. The molecule has 0 bridgehead atoms. The molecule has 0 saturated heterocycles. The molecule has 2 N–H and O–H groups in total. The summed E-state index contributed by atoms with van der Waals surface area (Å²) >= 11 is 0. The molecule has 0 spiro atoms. The van der Waals surface area contributed by atoms with E-state index in [1.165, 1.54) is 0 Å². The van der Waals surface area contributed by atoms with Crippen molar-refractivity contribution >= 4 is 11.6 Å². The first-order valence-electron chi connectivity index (χ1n) is 6.41. The second kappa shape index (κ2) is 7.10. The number of nitrogens with one attached hydrogen (secondary N) is 2. The summed E-state index contributed by atoms with van der Waals surface area (Å²) in [6.45, 7) is 5.76. The van der Waals surface area contributed by atoms with Crippen LogP contribution in [-0.2, 0) is 4.79 Å². The van der Waals surface area contributed by atoms with Gasteiger partial charge in [-0.3, -0.25) is 9.78 Å². The van der Waals surface area contributed by atoms with Crippen LogP contribution < -0.4 is 10.6 Å². The molecule has 1 atom stereocenters. The predicted molar refractivity (Wildman–Crippen MR) is 75.0 cm³/mol. The van der Waals surface area contributed by atoms with Gasteiger partial charge in [-0.25, -0.2) is 0 Å². The van der Waals surface area contributed by atoms with Crippen LogP contribution in [0.1, 0.15) is 18.3 Å². The SMILES string of the molecule is Cc1cc(NC(C)CNC(=O)/C=C/C(F)(F)F)cc(C)n1. The van der Waals surface area contributed by atoms with Crippen LogP contribution in [0.2, 0.25) is 0 Å². The van der Waals surface area contributed by atoms with E-state index in [9.17, 15) is 18.0 Å². The number of rotatable bonds is 5. The minimum atomic E-state index is -4.48. The van der Waals surface area contributed by atoms with Gasteiger partial charge in [-0.2, -0.15) is 13.2 Å². The van der Waals surface area contributed by atoms with Crippen molar-refractivity contribution in [2.75, 3.05) is 11.9 Å². The van der Waals surface area contributed by atoms with Gasteiger partial charge in [0.2, 0.25) is 5.91 Å². The maximum absolute atomic E-state index is 11.9. The Morgan fingerprint density at radius 3 is 2.43 bits per heavy atom. The van der Waals surface area contributed by atoms with E-state index in [-0.39, 0.29) is 18.7 Å². The van der Waals surface area contributed by atoms with Crippen LogP contribution in [-0.4, -0.2) is 29.7 Å². The number of nitrogens with zero attached hydrogens (tertiary/aromatic N) is 1. The number of aromatic nitrogens is 1. The number of alkyl halides is 3. The minimum Gasteiger partial charge on any atom is -0.381 e. The second-order valence-electron chi connectivity index (χ2n) is 4.80. The molecule has 116 valence electrons. The number of allylic oxidation sites excluding steroid dienone is 1.